The Balaban J connectivity index is 1.84. The molecule has 0 aromatic carbocycles. The smallest absolute Gasteiger partial charge is 0.289 e. The summed E-state index contributed by atoms with van der Waals surface area (Å²) in [6.45, 7) is 3.73. The fraction of sp³-hybridized carbons (Fsp3) is 0.800. The predicted molar refractivity (Wildman–Crippen MR) is 57.6 cm³/mol. The quantitative estimate of drug-likeness (QED) is 0.523. The number of hydroxylamine groups is 1. The Hall–Kier alpha value is -0.190. The molecule has 0 N–H and O–H groups in total. The second-order valence-corrected chi connectivity index (χ2v) is 6.32. The van der Waals surface area contributed by atoms with Crippen molar-refractivity contribution in [3.05, 3.63) is 12.2 Å². The molecule has 2 saturated heterocycles. The molecule has 4 atom stereocenters. The number of nitrogens with zero attached hydrogens (tertiary/aromatic N) is 1. The zero-order chi connectivity index (χ0) is 11.3. The van der Waals surface area contributed by atoms with Crippen LogP contribution in [-0.4, -0.2) is 29.2 Å². The van der Waals surface area contributed by atoms with Gasteiger partial charge in [0.05, 0.1) is 24.4 Å². The van der Waals surface area contributed by atoms with E-state index in [0.29, 0.717) is 0 Å². The lowest BCUT2D eigenvalue weighted by Gasteiger charge is -2.41. The molecule has 1 aliphatic carbocycles. The minimum atomic E-state index is -3.24. The lowest BCUT2D eigenvalue weighted by Crippen LogP contribution is -2.43. The first kappa shape index (κ1) is 10.9. The molecular formula is C10H16NO4P. The zero-order valence-electron chi connectivity index (χ0n) is 9.41. The van der Waals surface area contributed by atoms with Gasteiger partial charge in [-0.3, -0.25) is 13.9 Å². The van der Waals surface area contributed by atoms with Crippen molar-refractivity contribution in [3.8, 4) is 0 Å². The molecule has 4 aliphatic rings. The van der Waals surface area contributed by atoms with Gasteiger partial charge in [-0.1, -0.05) is 17.0 Å². The first-order valence-corrected chi connectivity index (χ1v) is 7.20. The molecule has 0 unspecified atom stereocenters. The Morgan fingerprint density at radius 2 is 1.88 bits per heavy atom. The zero-order valence-corrected chi connectivity index (χ0v) is 10.3. The van der Waals surface area contributed by atoms with Gasteiger partial charge in [-0.2, -0.15) is 0 Å². The summed E-state index contributed by atoms with van der Waals surface area (Å²) >= 11 is 0. The standard InChI is InChI=1S/C10H16NO4P/c1-7-8(2)15-16(12,14-7)11-9-3-5-10(13-11)6-4-9/h3,5,7-10H,4,6H2,1-2H3/t7-,8-,9-,10+/m1/s1. The molecule has 16 heavy (non-hydrogen) atoms. The summed E-state index contributed by atoms with van der Waals surface area (Å²) in [4.78, 5) is 7.05. The Bertz CT molecular complexity index is 358. The molecule has 4 rings (SSSR count). The maximum Gasteiger partial charge on any atom is 0.432 e. The highest BCUT2D eigenvalue weighted by Gasteiger charge is 2.51. The Kier molecular flexibility index (Phi) is 2.50. The summed E-state index contributed by atoms with van der Waals surface area (Å²) in [7, 11) is -3.24. The first-order valence-electron chi connectivity index (χ1n) is 5.70. The lowest BCUT2D eigenvalue weighted by molar-refractivity contribution is -0.184. The van der Waals surface area contributed by atoms with E-state index in [1.165, 1.54) is 4.83 Å². The molecule has 90 valence electrons. The summed E-state index contributed by atoms with van der Waals surface area (Å²) in [6, 6.07) is 0.0216. The minimum Gasteiger partial charge on any atom is -0.289 e. The van der Waals surface area contributed by atoms with Crippen molar-refractivity contribution < 1.29 is 18.5 Å². The summed E-state index contributed by atoms with van der Waals surface area (Å²) < 4.78 is 23.4. The van der Waals surface area contributed by atoms with Crippen LogP contribution in [0.3, 0.4) is 0 Å². The SMILES string of the molecule is C[C@H]1OP(=O)(N2O[C@H]3C=C[C@@H]2CC3)O[C@@H]1C. The van der Waals surface area contributed by atoms with Crippen molar-refractivity contribution in [2.75, 3.05) is 0 Å². The van der Waals surface area contributed by atoms with Crippen LogP contribution in [0.15, 0.2) is 12.2 Å². The summed E-state index contributed by atoms with van der Waals surface area (Å²) in [5.74, 6) is 0. The molecule has 0 amide bonds. The van der Waals surface area contributed by atoms with E-state index in [9.17, 15) is 4.57 Å². The van der Waals surface area contributed by atoms with Crippen molar-refractivity contribution in [2.45, 2.75) is 51.0 Å². The highest BCUT2D eigenvalue weighted by atomic mass is 31.2. The van der Waals surface area contributed by atoms with Crippen LogP contribution in [0.25, 0.3) is 0 Å². The van der Waals surface area contributed by atoms with E-state index >= 15 is 0 Å². The Morgan fingerprint density at radius 3 is 2.31 bits per heavy atom. The van der Waals surface area contributed by atoms with Gasteiger partial charge in [0.15, 0.2) is 0 Å². The molecule has 0 saturated carbocycles. The van der Waals surface area contributed by atoms with Gasteiger partial charge in [0.25, 0.3) is 0 Å². The molecular weight excluding hydrogens is 229 g/mol. The predicted octanol–water partition coefficient (Wildman–Crippen LogP) is 2.25. The number of hydrogen-bond donors (Lipinski definition) is 0. The molecule has 0 aromatic heterocycles. The van der Waals surface area contributed by atoms with E-state index in [4.69, 9.17) is 13.9 Å². The van der Waals surface area contributed by atoms with Gasteiger partial charge in [0.2, 0.25) is 0 Å². The molecule has 5 nitrogen and oxygen atoms in total. The van der Waals surface area contributed by atoms with Crippen molar-refractivity contribution >= 4 is 7.75 Å². The molecule has 3 heterocycles. The molecule has 6 heteroatoms. The average molecular weight is 245 g/mol. The van der Waals surface area contributed by atoms with E-state index in [0.717, 1.165) is 12.8 Å². The van der Waals surface area contributed by atoms with E-state index in [1.54, 1.807) is 0 Å². The normalized spacial score (nSPS) is 46.4. The van der Waals surface area contributed by atoms with Gasteiger partial charge in [-0.25, -0.2) is 4.57 Å². The Labute approximate surface area is 94.9 Å². The Morgan fingerprint density at radius 1 is 1.19 bits per heavy atom. The third kappa shape index (κ3) is 1.59. The molecule has 0 spiro atoms. The third-order valence-corrected chi connectivity index (χ3v) is 5.40. The van der Waals surface area contributed by atoms with Crippen LogP contribution in [0, 0.1) is 0 Å². The van der Waals surface area contributed by atoms with Crippen molar-refractivity contribution in [2.24, 2.45) is 0 Å². The fourth-order valence-corrected chi connectivity index (χ4v) is 4.43. The van der Waals surface area contributed by atoms with Crippen LogP contribution in [0.5, 0.6) is 0 Å². The maximum atomic E-state index is 12.5. The molecule has 0 radical (unpaired) electrons. The average Bonchev–Trinajstić information content (AvgIpc) is 2.56. The van der Waals surface area contributed by atoms with Crippen LogP contribution < -0.4 is 0 Å². The second kappa shape index (κ2) is 3.65. The molecule has 2 bridgehead atoms. The molecule has 0 aromatic rings. The largest absolute Gasteiger partial charge is 0.432 e. The van der Waals surface area contributed by atoms with Gasteiger partial charge in [-0.05, 0) is 26.7 Å². The summed E-state index contributed by atoms with van der Waals surface area (Å²) in [6.07, 6.45) is 5.67. The van der Waals surface area contributed by atoms with Gasteiger partial charge in [0.1, 0.15) is 0 Å². The van der Waals surface area contributed by atoms with Crippen LogP contribution in [0.4, 0.5) is 0 Å². The van der Waals surface area contributed by atoms with Gasteiger partial charge < -0.3 is 0 Å². The van der Waals surface area contributed by atoms with Crippen LogP contribution in [0.1, 0.15) is 26.7 Å². The van der Waals surface area contributed by atoms with E-state index in [2.05, 4.69) is 0 Å². The number of fused-ring (bicyclic) bond motifs is 2. The van der Waals surface area contributed by atoms with Gasteiger partial charge >= 0.3 is 7.75 Å². The fourth-order valence-electron chi connectivity index (χ4n) is 2.22. The van der Waals surface area contributed by atoms with E-state index in [-0.39, 0.29) is 24.4 Å². The highest BCUT2D eigenvalue weighted by molar-refractivity contribution is 7.51. The van der Waals surface area contributed by atoms with Crippen molar-refractivity contribution in [3.63, 3.8) is 0 Å². The maximum absolute atomic E-state index is 12.5. The summed E-state index contributed by atoms with van der Waals surface area (Å²) in [5.41, 5.74) is 0. The van der Waals surface area contributed by atoms with Crippen molar-refractivity contribution in [1.82, 2.24) is 4.83 Å². The highest BCUT2D eigenvalue weighted by Crippen LogP contribution is 2.62. The lowest BCUT2D eigenvalue weighted by atomic mass is 10.00. The topological polar surface area (TPSA) is 48.0 Å². The molecule has 3 aliphatic heterocycles. The van der Waals surface area contributed by atoms with Gasteiger partial charge in [0, 0.05) is 0 Å². The van der Waals surface area contributed by atoms with E-state index < -0.39 is 7.75 Å². The summed E-state index contributed by atoms with van der Waals surface area (Å²) in [5, 5.41) is 0. The van der Waals surface area contributed by atoms with Crippen LogP contribution in [-0.2, 0) is 18.5 Å². The third-order valence-electron chi connectivity index (χ3n) is 3.32. The monoisotopic (exact) mass is 245 g/mol. The number of rotatable bonds is 1. The first-order chi connectivity index (χ1) is 7.58. The van der Waals surface area contributed by atoms with Gasteiger partial charge in [-0.15, -0.1) is 0 Å². The van der Waals surface area contributed by atoms with Crippen LogP contribution >= 0.6 is 7.75 Å². The number of hydrogen-bond acceptors (Lipinski definition) is 4. The minimum absolute atomic E-state index is 0.0216. The second-order valence-electron chi connectivity index (χ2n) is 4.57. The molecule has 2 fully saturated rings. The van der Waals surface area contributed by atoms with Crippen LogP contribution in [0.2, 0.25) is 0 Å². The van der Waals surface area contributed by atoms with E-state index in [1.807, 2.05) is 26.0 Å². The van der Waals surface area contributed by atoms with Crippen molar-refractivity contribution in [1.29, 1.82) is 0 Å².